The molecule has 0 atom stereocenters. The number of unbranched alkanes of at least 4 members (excludes halogenated alkanes) is 2. The first-order valence-corrected chi connectivity index (χ1v) is 7.40. The summed E-state index contributed by atoms with van der Waals surface area (Å²) in [7, 11) is 2.91. The maximum Gasteiger partial charge on any atom is 0.336 e. The van der Waals surface area contributed by atoms with Gasteiger partial charge < -0.3 is 18.9 Å². The predicted molar refractivity (Wildman–Crippen MR) is 84.8 cm³/mol. The fraction of sp³-hybridized carbons (Fsp3) is 0.412. The molecule has 0 fully saturated rings. The second-order valence-corrected chi connectivity index (χ2v) is 4.62. The van der Waals surface area contributed by atoms with Crippen LogP contribution in [0, 0.1) is 0 Å². The normalized spacial score (nSPS) is 10.4. The summed E-state index contributed by atoms with van der Waals surface area (Å²) in [5.74, 6) is -0.437. The van der Waals surface area contributed by atoms with Crippen molar-refractivity contribution in [3.8, 4) is 17.2 Å². The van der Waals surface area contributed by atoms with Gasteiger partial charge in [-0.1, -0.05) is 25.8 Å². The molecule has 0 bridgehead atoms. The highest BCUT2D eigenvalue weighted by Crippen LogP contribution is 2.36. The van der Waals surface area contributed by atoms with Crippen molar-refractivity contribution in [1.82, 2.24) is 0 Å². The standard InChI is InChI=1S/C17H22O6/c1-4-5-6-12-22-15(18)10-11-16(19)23-17-13(20-2)8-7-9-14(17)21-3/h7-11H,4-6,12H2,1-3H3/b11-10+. The summed E-state index contributed by atoms with van der Waals surface area (Å²) in [5, 5.41) is 0. The highest BCUT2D eigenvalue weighted by atomic mass is 16.6. The highest BCUT2D eigenvalue weighted by molar-refractivity contribution is 5.93. The average Bonchev–Trinajstić information content (AvgIpc) is 2.57. The number of ether oxygens (including phenoxy) is 4. The lowest BCUT2D eigenvalue weighted by Gasteiger charge is -2.11. The van der Waals surface area contributed by atoms with E-state index >= 15 is 0 Å². The Morgan fingerprint density at radius 3 is 2.17 bits per heavy atom. The zero-order valence-corrected chi connectivity index (χ0v) is 13.7. The molecule has 0 aliphatic heterocycles. The minimum absolute atomic E-state index is 0.156. The van der Waals surface area contributed by atoms with Crippen molar-refractivity contribution in [2.45, 2.75) is 26.2 Å². The Bertz CT molecular complexity index is 528. The van der Waals surface area contributed by atoms with Gasteiger partial charge in [-0.3, -0.25) is 0 Å². The van der Waals surface area contributed by atoms with Crippen LogP contribution in [0.4, 0.5) is 0 Å². The second-order valence-electron chi connectivity index (χ2n) is 4.62. The second kappa shape index (κ2) is 10.3. The molecule has 0 aliphatic carbocycles. The number of carbonyl (C=O) groups excluding carboxylic acids is 2. The van der Waals surface area contributed by atoms with Crippen LogP contribution in [0.5, 0.6) is 17.2 Å². The first-order chi connectivity index (χ1) is 11.1. The quantitative estimate of drug-likeness (QED) is 0.301. The number of esters is 2. The average molecular weight is 322 g/mol. The van der Waals surface area contributed by atoms with Gasteiger partial charge in [-0.2, -0.15) is 0 Å². The van der Waals surface area contributed by atoms with Gasteiger partial charge in [0.15, 0.2) is 11.5 Å². The van der Waals surface area contributed by atoms with Crippen LogP contribution < -0.4 is 14.2 Å². The zero-order valence-electron chi connectivity index (χ0n) is 13.7. The van der Waals surface area contributed by atoms with Crippen LogP contribution in [0.3, 0.4) is 0 Å². The van der Waals surface area contributed by atoms with E-state index in [9.17, 15) is 9.59 Å². The summed E-state index contributed by atoms with van der Waals surface area (Å²) in [6, 6.07) is 4.98. The molecule has 0 unspecified atom stereocenters. The summed E-state index contributed by atoms with van der Waals surface area (Å²) >= 11 is 0. The third-order valence-corrected chi connectivity index (χ3v) is 2.93. The number of hydrogen-bond donors (Lipinski definition) is 0. The zero-order chi connectivity index (χ0) is 17.1. The lowest BCUT2D eigenvalue weighted by molar-refractivity contribution is -0.138. The molecular formula is C17H22O6. The molecule has 6 nitrogen and oxygen atoms in total. The molecule has 0 aliphatic rings. The molecule has 0 amide bonds. The monoisotopic (exact) mass is 322 g/mol. The van der Waals surface area contributed by atoms with Crippen molar-refractivity contribution in [3.63, 3.8) is 0 Å². The predicted octanol–water partition coefficient (Wildman–Crippen LogP) is 2.90. The molecule has 1 aromatic carbocycles. The third kappa shape index (κ3) is 6.42. The molecule has 1 aromatic rings. The van der Waals surface area contributed by atoms with E-state index in [1.54, 1.807) is 18.2 Å². The summed E-state index contributed by atoms with van der Waals surface area (Å²) in [5.41, 5.74) is 0. The summed E-state index contributed by atoms with van der Waals surface area (Å²) in [6.45, 7) is 2.40. The van der Waals surface area contributed by atoms with Crippen LogP contribution in [-0.4, -0.2) is 32.8 Å². The molecule has 0 radical (unpaired) electrons. The van der Waals surface area contributed by atoms with Crippen LogP contribution in [0.25, 0.3) is 0 Å². The van der Waals surface area contributed by atoms with Crippen LogP contribution in [0.1, 0.15) is 26.2 Å². The number of carbonyl (C=O) groups is 2. The molecule has 0 N–H and O–H groups in total. The van der Waals surface area contributed by atoms with Crippen molar-refractivity contribution in [1.29, 1.82) is 0 Å². The first kappa shape index (κ1) is 18.5. The van der Waals surface area contributed by atoms with Gasteiger partial charge in [0.1, 0.15) is 0 Å². The van der Waals surface area contributed by atoms with Gasteiger partial charge in [-0.05, 0) is 18.6 Å². The van der Waals surface area contributed by atoms with Gasteiger partial charge in [0, 0.05) is 12.2 Å². The fourth-order valence-electron chi connectivity index (χ4n) is 1.76. The van der Waals surface area contributed by atoms with Gasteiger partial charge in [-0.15, -0.1) is 0 Å². The smallest absolute Gasteiger partial charge is 0.336 e. The molecule has 126 valence electrons. The molecule has 6 heteroatoms. The highest BCUT2D eigenvalue weighted by Gasteiger charge is 2.14. The number of rotatable bonds is 9. The van der Waals surface area contributed by atoms with Crippen molar-refractivity contribution in [2.24, 2.45) is 0 Å². The SMILES string of the molecule is CCCCCOC(=O)/C=C/C(=O)Oc1c(OC)cccc1OC. The van der Waals surface area contributed by atoms with E-state index < -0.39 is 11.9 Å². The number of methoxy groups -OCH3 is 2. The Labute approximate surface area is 136 Å². The van der Waals surface area contributed by atoms with E-state index in [1.165, 1.54) is 14.2 Å². The van der Waals surface area contributed by atoms with Crippen LogP contribution >= 0.6 is 0 Å². The molecule has 0 heterocycles. The summed E-state index contributed by atoms with van der Waals surface area (Å²) < 4.78 is 20.4. The fourth-order valence-corrected chi connectivity index (χ4v) is 1.76. The Morgan fingerprint density at radius 1 is 1.00 bits per heavy atom. The van der Waals surface area contributed by atoms with Gasteiger partial charge in [0.05, 0.1) is 20.8 Å². The minimum atomic E-state index is -0.724. The maximum absolute atomic E-state index is 11.8. The van der Waals surface area contributed by atoms with Crippen molar-refractivity contribution in [2.75, 3.05) is 20.8 Å². The molecule has 0 spiro atoms. The number of para-hydroxylation sites is 1. The van der Waals surface area contributed by atoms with Gasteiger partial charge in [0.25, 0.3) is 0 Å². The summed E-state index contributed by atoms with van der Waals surface area (Å²) in [4.78, 5) is 23.2. The number of hydrogen-bond acceptors (Lipinski definition) is 6. The molecule has 23 heavy (non-hydrogen) atoms. The summed E-state index contributed by atoms with van der Waals surface area (Å²) in [6.07, 6.45) is 4.89. The van der Waals surface area contributed by atoms with E-state index in [0.717, 1.165) is 31.4 Å². The van der Waals surface area contributed by atoms with E-state index in [-0.39, 0.29) is 5.75 Å². The van der Waals surface area contributed by atoms with Crippen molar-refractivity contribution >= 4 is 11.9 Å². The first-order valence-electron chi connectivity index (χ1n) is 7.40. The molecule has 1 rings (SSSR count). The lowest BCUT2D eigenvalue weighted by atomic mass is 10.3. The molecule has 0 saturated heterocycles. The van der Waals surface area contributed by atoms with E-state index in [0.29, 0.717) is 18.1 Å². The maximum atomic E-state index is 11.8. The van der Waals surface area contributed by atoms with Crippen LogP contribution in [0.15, 0.2) is 30.4 Å². The van der Waals surface area contributed by atoms with Gasteiger partial charge >= 0.3 is 11.9 Å². The third-order valence-electron chi connectivity index (χ3n) is 2.93. The van der Waals surface area contributed by atoms with E-state index in [4.69, 9.17) is 18.9 Å². The van der Waals surface area contributed by atoms with Crippen LogP contribution in [-0.2, 0) is 14.3 Å². The van der Waals surface area contributed by atoms with Crippen molar-refractivity contribution in [3.05, 3.63) is 30.4 Å². The Kier molecular flexibility index (Phi) is 8.28. The Morgan fingerprint density at radius 2 is 1.61 bits per heavy atom. The molecule has 0 aromatic heterocycles. The lowest BCUT2D eigenvalue weighted by Crippen LogP contribution is -2.08. The number of benzene rings is 1. The van der Waals surface area contributed by atoms with Gasteiger partial charge in [0.2, 0.25) is 5.75 Å². The Hall–Kier alpha value is -2.50. The molecular weight excluding hydrogens is 300 g/mol. The largest absolute Gasteiger partial charge is 0.493 e. The van der Waals surface area contributed by atoms with E-state index in [2.05, 4.69) is 6.92 Å². The van der Waals surface area contributed by atoms with Crippen molar-refractivity contribution < 1.29 is 28.5 Å². The van der Waals surface area contributed by atoms with Crippen LogP contribution in [0.2, 0.25) is 0 Å². The Balaban J connectivity index is 2.60. The molecule has 0 saturated carbocycles. The van der Waals surface area contributed by atoms with E-state index in [1.807, 2.05) is 0 Å². The minimum Gasteiger partial charge on any atom is -0.493 e. The van der Waals surface area contributed by atoms with Gasteiger partial charge in [-0.25, -0.2) is 9.59 Å². The topological polar surface area (TPSA) is 71.1 Å².